The van der Waals surface area contributed by atoms with Gasteiger partial charge in [0.1, 0.15) is 6.61 Å². The van der Waals surface area contributed by atoms with Crippen molar-refractivity contribution in [1.82, 2.24) is 0 Å². The molecule has 3 N–H and O–H groups in total. The average molecular weight is 193 g/mol. The molecule has 0 amide bonds. The SMILES string of the molecule is CC(N)Cc1ccccc1C(=O)CO. The zero-order chi connectivity index (χ0) is 10.6. The summed E-state index contributed by atoms with van der Waals surface area (Å²) in [7, 11) is 0. The number of aliphatic hydroxyl groups is 1. The molecule has 0 fully saturated rings. The van der Waals surface area contributed by atoms with Crippen molar-refractivity contribution in [3.05, 3.63) is 35.4 Å². The maximum Gasteiger partial charge on any atom is 0.188 e. The second-order valence-corrected chi connectivity index (χ2v) is 3.42. The molecule has 1 atom stereocenters. The fourth-order valence-corrected chi connectivity index (χ4v) is 1.40. The van der Waals surface area contributed by atoms with Crippen LogP contribution in [0.2, 0.25) is 0 Å². The molecule has 0 radical (unpaired) electrons. The monoisotopic (exact) mass is 193 g/mol. The number of nitrogens with two attached hydrogens (primary N) is 1. The zero-order valence-electron chi connectivity index (χ0n) is 8.23. The van der Waals surface area contributed by atoms with Gasteiger partial charge in [-0.2, -0.15) is 0 Å². The van der Waals surface area contributed by atoms with Gasteiger partial charge in [-0.1, -0.05) is 24.3 Å². The van der Waals surface area contributed by atoms with Gasteiger partial charge >= 0.3 is 0 Å². The Morgan fingerprint density at radius 3 is 2.71 bits per heavy atom. The van der Waals surface area contributed by atoms with Crippen LogP contribution in [0.5, 0.6) is 0 Å². The van der Waals surface area contributed by atoms with Crippen LogP contribution in [0, 0.1) is 0 Å². The normalized spacial score (nSPS) is 12.5. The van der Waals surface area contributed by atoms with Gasteiger partial charge in [0.2, 0.25) is 0 Å². The second-order valence-electron chi connectivity index (χ2n) is 3.42. The van der Waals surface area contributed by atoms with Gasteiger partial charge in [0, 0.05) is 11.6 Å². The Morgan fingerprint density at radius 2 is 2.14 bits per heavy atom. The van der Waals surface area contributed by atoms with Crippen molar-refractivity contribution in [2.75, 3.05) is 6.61 Å². The van der Waals surface area contributed by atoms with E-state index in [1.54, 1.807) is 12.1 Å². The summed E-state index contributed by atoms with van der Waals surface area (Å²) in [6, 6.07) is 7.25. The maximum absolute atomic E-state index is 11.3. The lowest BCUT2D eigenvalue weighted by molar-refractivity contribution is 0.0902. The van der Waals surface area contributed by atoms with Crippen LogP contribution < -0.4 is 5.73 Å². The summed E-state index contributed by atoms with van der Waals surface area (Å²) >= 11 is 0. The van der Waals surface area contributed by atoms with E-state index >= 15 is 0 Å². The van der Waals surface area contributed by atoms with Crippen molar-refractivity contribution in [2.24, 2.45) is 5.73 Å². The molecule has 0 aliphatic rings. The minimum atomic E-state index is -0.448. The van der Waals surface area contributed by atoms with Gasteiger partial charge in [-0.15, -0.1) is 0 Å². The number of ketones is 1. The number of carbonyl (C=O) groups excluding carboxylic acids is 1. The molecular formula is C11H15NO2. The van der Waals surface area contributed by atoms with Crippen LogP contribution in [0.25, 0.3) is 0 Å². The number of carbonyl (C=O) groups is 1. The third-order valence-electron chi connectivity index (χ3n) is 2.00. The first-order chi connectivity index (χ1) is 6.65. The summed E-state index contributed by atoms with van der Waals surface area (Å²) < 4.78 is 0. The predicted octanol–water partition coefficient (Wildman–Crippen LogP) is 0.751. The quantitative estimate of drug-likeness (QED) is 0.694. The molecule has 14 heavy (non-hydrogen) atoms. The molecule has 0 aromatic heterocycles. The lowest BCUT2D eigenvalue weighted by Crippen LogP contribution is -2.20. The largest absolute Gasteiger partial charge is 0.388 e. The molecule has 0 aliphatic heterocycles. The lowest BCUT2D eigenvalue weighted by atomic mass is 9.99. The van der Waals surface area contributed by atoms with Crippen LogP contribution in [-0.4, -0.2) is 23.5 Å². The van der Waals surface area contributed by atoms with Gasteiger partial charge in [-0.05, 0) is 18.9 Å². The first kappa shape index (κ1) is 10.9. The van der Waals surface area contributed by atoms with Crippen LogP contribution >= 0.6 is 0 Å². The summed E-state index contributed by atoms with van der Waals surface area (Å²) in [6.45, 7) is 1.44. The number of rotatable bonds is 4. The average Bonchev–Trinajstić information content (AvgIpc) is 2.16. The molecule has 3 heteroatoms. The van der Waals surface area contributed by atoms with Gasteiger partial charge in [-0.25, -0.2) is 0 Å². The molecule has 1 rings (SSSR count). The molecule has 1 aromatic rings. The number of Topliss-reactive ketones (excluding diaryl/α,β-unsaturated/α-hetero) is 1. The molecule has 76 valence electrons. The third kappa shape index (κ3) is 2.65. The Bertz CT molecular complexity index is 321. The lowest BCUT2D eigenvalue weighted by Gasteiger charge is -2.09. The Morgan fingerprint density at radius 1 is 1.50 bits per heavy atom. The molecule has 0 spiro atoms. The van der Waals surface area contributed by atoms with Crippen LogP contribution in [0.15, 0.2) is 24.3 Å². The third-order valence-corrected chi connectivity index (χ3v) is 2.00. The Labute approximate surface area is 83.6 Å². The van der Waals surface area contributed by atoms with Gasteiger partial charge in [0.05, 0.1) is 0 Å². The maximum atomic E-state index is 11.3. The molecule has 1 aromatic carbocycles. The molecule has 0 aliphatic carbocycles. The number of aliphatic hydroxyl groups excluding tert-OH is 1. The fraction of sp³-hybridized carbons (Fsp3) is 0.364. The number of benzene rings is 1. The van der Waals surface area contributed by atoms with E-state index < -0.39 is 6.61 Å². The summed E-state index contributed by atoms with van der Waals surface area (Å²) in [5.74, 6) is -0.249. The molecule has 0 saturated heterocycles. The number of hydrogen-bond acceptors (Lipinski definition) is 3. The van der Waals surface area contributed by atoms with Gasteiger partial charge in [0.25, 0.3) is 0 Å². The first-order valence-electron chi connectivity index (χ1n) is 4.62. The highest BCUT2D eigenvalue weighted by atomic mass is 16.3. The summed E-state index contributed by atoms with van der Waals surface area (Å²) in [4.78, 5) is 11.3. The van der Waals surface area contributed by atoms with Crippen LogP contribution in [0.1, 0.15) is 22.8 Å². The molecule has 0 bridgehead atoms. The Hall–Kier alpha value is -1.19. The van der Waals surface area contributed by atoms with Crippen molar-refractivity contribution >= 4 is 5.78 Å². The van der Waals surface area contributed by atoms with Crippen molar-refractivity contribution in [2.45, 2.75) is 19.4 Å². The first-order valence-corrected chi connectivity index (χ1v) is 4.62. The van der Waals surface area contributed by atoms with Crippen molar-refractivity contribution in [3.63, 3.8) is 0 Å². The van der Waals surface area contributed by atoms with Crippen molar-refractivity contribution < 1.29 is 9.90 Å². The van der Waals surface area contributed by atoms with E-state index in [0.29, 0.717) is 12.0 Å². The van der Waals surface area contributed by atoms with E-state index in [1.165, 1.54) is 0 Å². The molecule has 3 nitrogen and oxygen atoms in total. The highest BCUT2D eigenvalue weighted by molar-refractivity contribution is 5.98. The number of hydrogen-bond donors (Lipinski definition) is 2. The highest BCUT2D eigenvalue weighted by Gasteiger charge is 2.10. The van der Waals surface area contributed by atoms with Crippen molar-refractivity contribution in [1.29, 1.82) is 0 Å². The van der Waals surface area contributed by atoms with Gasteiger partial charge in [0.15, 0.2) is 5.78 Å². The van der Waals surface area contributed by atoms with Crippen LogP contribution in [-0.2, 0) is 6.42 Å². The molecule has 0 saturated carbocycles. The minimum Gasteiger partial charge on any atom is -0.388 e. The van der Waals surface area contributed by atoms with Gasteiger partial charge in [-0.3, -0.25) is 4.79 Å². The van der Waals surface area contributed by atoms with Crippen LogP contribution in [0.4, 0.5) is 0 Å². The topological polar surface area (TPSA) is 63.3 Å². The highest BCUT2D eigenvalue weighted by Crippen LogP contribution is 2.11. The molecule has 0 heterocycles. The van der Waals surface area contributed by atoms with Gasteiger partial charge < -0.3 is 10.8 Å². The Balaban J connectivity index is 2.97. The molecule has 1 unspecified atom stereocenters. The standard InChI is InChI=1S/C11H15NO2/c1-8(12)6-9-4-2-3-5-10(9)11(14)7-13/h2-5,8,13H,6-7,12H2,1H3. The Kier molecular flexibility index (Phi) is 3.80. The van der Waals surface area contributed by atoms with E-state index in [0.717, 1.165) is 5.56 Å². The molecular weight excluding hydrogens is 178 g/mol. The predicted molar refractivity (Wildman–Crippen MR) is 55.2 cm³/mol. The van der Waals surface area contributed by atoms with E-state index in [4.69, 9.17) is 10.8 Å². The van der Waals surface area contributed by atoms with Crippen molar-refractivity contribution in [3.8, 4) is 0 Å². The summed E-state index contributed by atoms with van der Waals surface area (Å²) in [6.07, 6.45) is 0.655. The second kappa shape index (κ2) is 4.88. The summed E-state index contributed by atoms with van der Waals surface area (Å²) in [5.41, 5.74) is 7.14. The van der Waals surface area contributed by atoms with Crippen LogP contribution in [0.3, 0.4) is 0 Å². The zero-order valence-corrected chi connectivity index (χ0v) is 8.23. The summed E-state index contributed by atoms with van der Waals surface area (Å²) in [5, 5.41) is 8.77. The van der Waals surface area contributed by atoms with E-state index in [1.807, 2.05) is 19.1 Å². The van der Waals surface area contributed by atoms with E-state index in [2.05, 4.69) is 0 Å². The van der Waals surface area contributed by atoms with E-state index in [-0.39, 0.29) is 11.8 Å². The van der Waals surface area contributed by atoms with E-state index in [9.17, 15) is 4.79 Å². The fourth-order valence-electron chi connectivity index (χ4n) is 1.40. The minimum absolute atomic E-state index is 0.0163. The smallest absolute Gasteiger partial charge is 0.188 e.